The number of carboxylic acids is 1. The van der Waals surface area contributed by atoms with Crippen LogP contribution in [0.25, 0.3) is 0 Å². The van der Waals surface area contributed by atoms with Gasteiger partial charge in [-0.2, -0.15) is 0 Å². The smallest absolute Gasteiger partial charge is 0.340 e. The van der Waals surface area contributed by atoms with Gasteiger partial charge in [0.25, 0.3) is 0 Å². The number of rotatable bonds is 1. The van der Waals surface area contributed by atoms with Crippen LogP contribution in [0.4, 0.5) is 0 Å². The predicted octanol–water partition coefficient (Wildman–Crippen LogP) is 2.20. The number of pyridine rings is 1. The number of halogens is 2. The van der Waals surface area contributed by atoms with Gasteiger partial charge in [-0.25, -0.2) is 9.78 Å². The largest absolute Gasteiger partial charge is 0.478 e. The minimum absolute atomic E-state index is 0.00540. The van der Waals surface area contributed by atoms with E-state index in [-0.39, 0.29) is 10.7 Å². The van der Waals surface area contributed by atoms with Crippen molar-refractivity contribution in [1.82, 2.24) is 4.98 Å². The van der Waals surface area contributed by atoms with Crippen molar-refractivity contribution in [3.8, 4) is 0 Å². The maximum absolute atomic E-state index is 10.5. The Labute approximate surface area is 76.1 Å². The van der Waals surface area contributed by atoms with E-state index in [4.69, 9.17) is 16.7 Å². The Morgan fingerprint density at radius 2 is 2.36 bits per heavy atom. The molecular formula is C6H3BrClNO2. The van der Waals surface area contributed by atoms with Gasteiger partial charge in [-0.1, -0.05) is 11.6 Å². The fourth-order valence-corrected chi connectivity index (χ4v) is 1.43. The van der Waals surface area contributed by atoms with Crippen LogP contribution < -0.4 is 0 Å². The molecule has 1 heterocycles. The van der Waals surface area contributed by atoms with Crippen molar-refractivity contribution in [3.63, 3.8) is 0 Å². The summed E-state index contributed by atoms with van der Waals surface area (Å²) in [5.41, 5.74) is -0.00540. The highest BCUT2D eigenvalue weighted by molar-refractivity contribution is 9.10. The number of aromatic carboxylic acids is 1. The normalized spacial score (nSPS) is 9.64. The summed E-state index contributed by atoms with van der Waals surface area (Å²) in [4.78, 5) is 14.1. The molecule has 0 bridgehead atoms. The maximum atomic E-state index is 10.5. The average molecular weight is 236 g/mol. The fourth-order valence-electron chi connectivity index (χ4n) is 0.605. The highest BCUT2D eigenvalue weighted by Gasteiger charge is 2.12. The van der Waals surface area contributed by atoms with Crippen LogP contribution in [0.5, 0.6) is 0 Å². The van der Waals surface area contributed by atoms with Gasteiger partial charge in [-0.15, -0.1) is 0 Å². The molecule has 0 aliphatic carbocycles. The second kappa shape index (κ2) is 3.19. The minimum atomic E-state index is -1.09. The molecule has 58 valence electrons. The van der Waals surface area contributed by atoms with Crippen molar-refractivity contribution in [2.24, 2.45) is 0 Å². The SMILES string of the molecule is O=C(O)c1c(Br)ccnc1Cl. The standard InChI is InChI=1S/C6H3BrClNO2/c7-3-1-2-9-5(8)4(3)6(10)11/h1-2H,(H,10,11). The van der Waals surface area contributed by atoms with Gasteiger partial charge in [0.1, 0.15) is 10.7 Å². The van der Waals surface area contributed by atoms with Gasteiger partial charge in [0, 0.05) is 10.7 Å². The van der Waals surface area contributed by atoms with Crippen LogP contribution in [0, 0.1) is 0 Å². The highest BCUT2D eigenvalue weighted by Crippen LogP contribution is 2.21. The summed E-state index contributed by atoms with van der Waals surface area (Å²) in [7, 11) is 0. The lowest BCUT2D eigenvalue weighted by atomic mass is 10.3. The van der Waals surface area contributed by atoms with Gasteiger partial charge < -0.3 is 5.11 Å². The second-order valence-electron chi connectivity index (χ2n) is 1.76. The quantitative estimate of drug-likeness (QED) is 0.761. The van der Waals surface area contributed by atoms with Crippen LogP contribution in [0.3, 0.4) is 0 Å². The zero-order valence-electron chi connectivity index (χ0n) is 5.21. The molecular weight excluding hydrogens is 233 g/mol. The molecule has 11 heavy (non-hydrogen) atoms. The predicted molar refractivity (Wildman–Crippen MR) is 43.9 cm³/mol. The summed E-state index contributed by atoms with van der Waals surface area (Å²) >= 11 is 8.54. The molecule has 0 fully saturated rings. The summed E-state index contributed by atoms with van der Waals surface area (Å²) in [6.45, 7) is 0. The van der Waals surface area contributed by atoms with E-state index < -0.39 is 5.97 Å². The number of carboxylic acid groups (broad SMARTS) is 1. The Hall–Kier alpha value is -0.610. The lowest BCUT2D eigenvalue weighted by molar-refractivity contribution is 0.0695. The maximum Gasteiger partial charge on any atom is 0.340 e. The lowest BCUT2D eigenvalue weighted by Gasteiger charge is -1.98. The first-order valence-corrected chi connectivity index (χ1v) is 3.83. The third-order valence-electron chi connectivity index (χ3n) is 1.07. The molecule has 0 aliphatic rings. The van der Waals surface area contributed by atoms with Gasteiger partial charge in [0.05, 0.1) is 0 Å². The van der Waals surface area contributed by atoms with Crippen molar-refractivity contribution >= 4 is 33.5 Å². The zero-order valence-corrected chi connectivity index (χ0v) is 7.56. The monoisotopic (exact) mass is 235 g/mol. The van der Waals surface area contributed by atoms with Gasteiger partial charge >= 0.3 is 5.97 Å². The topological polar surface area (TPSA) is 50.2 Å². The van der Waals surface area contributed by atoms with Gasteiger partial charge in [-0.3, -0.25) is 0 Å². The molecule has 1 aromatic rings. The van der Waals surface area contributed by atoms with E-state index >= 15 is 0 Å². The molecule has 0 aromatic carbocycles. The van der Waals surface area contributed by atoms with E-state index in [0.29, 0.717) is 4.47 Å². The Morgan fingerprint density at radius 1 is 1.73 bits per heavy atom. The van der Waals surface area contributed by atoms with Gasteiger partial charge in [-0.05, 0) is 22.0 Å². The molecule has 0 amide bonds. The Balaban J connectivity index is 3.32. The molecule has 5 heteroatoms. The van der Waals surface area contributed by atoms with Crippen molar-refractivity contribution in [2.75, 3.05) is 0 Å². The Morgan fingerprint density at radius 3 is 2.73 bits per heavy atom. The van der Waals surface area contributed by atoms with Crippen LogP contribution >= 0.6 is 27.5 Å². The molecule has 0 saturated carbocycles. The average Bonchev–Trinajstić information content (AvgIpc) is 1.85. The molecule has 0 unspecified atom stereocenters. The van der Waals surface area contributed by atoms with Crippen molar-refractivity contribution in [3.05, 3.63) is 27.5 Å². The molecule has 1 rings (SSSR count). The number of hydrogen-bond acceptors (Lipinski definition) is 2. The molecule has 0 spiro atoms. The fraction of sp³-hybridized carbons (Fsp3) is 0. The summed E-state index contributed by atoms with van der Waals surface area (Å²) in [6, 6.07) is 1.52. The van der Waals surface area contributed by atoms with Crippen molar-refractivity contribution < 1.29 is 9.90 Å². The summed E-state index contributed by atoms with van der Waals surface area (Å²) in [6.07, 6.45) is 1.43. The van der Waals surface area contributed by atoms with E-state index in [0.717, 1.165) is 0 Å². The molecule has 0 saturated heterocycles. The third kappa shape index (κ3) is 1.70. The molecule has 3 nitrogen and oxygen atoms in total. The van der Waals surface area contributed by atoms with Gasteiger partial charge in [0.2, 0.25) is 0 Å². The van der Waals surface area contributed by atoms with E-state index in [2.05, 4.69) is 20.9 Å². The van der Waals surface area contributed by atoms with Crippen molar-refractivity contribution in [1.29, 1.82) is 0 Å². The first-order valence-electron chi connectivity index (χ1n) is 2.66. The number of hydrogen-bond donors (Lipinski definition) is 1. The van der Waals surface area contributed by atoms with Crippen LogP contribution in [-0.2, 0) is 0 Å². The summed E-state index contributed by atoms with van der Waals surface area (Å²) in [5.74, 6) is -1.09. The minimum Gasteiger partial charge on any atom is -0.478 e. The lowest BCUT2D eigenvalue weighted by Crippen LogP contribution is -1.99. The van der Waals surface area contributed by atoms with Gasteiger partial charge in [0.15, 0.2) is 0 Å². The molecule has 1 aromatic heterocycles. The van der Waals surface area contributed by atoms with E-state index in [1.165, 1.54) is 12.3 Å². The van der Waals surface area contributed by atoms with E-state index in [1.807, 2.05) is 0 Å². The van der Waals surface area contributed by atoms with Crippen LogP contribution in [0.2, 0.25) is 5.15 Å². The second-order valence-corrected chi connectivity index (χ2v) is 2.98. The summed E-state index contributed by atoms with van der Waals surface area (Å²) < 4.78 is 0.435. The summed E-state index contributed by atoms with van der Waals surface area (Å²) in [5, 5.41) is 8.58. The van der Waals surface area contributed by atoms with Crippen LogP contribution in [0.1, 0.15) is 10.4 Å². The molecule has 1 N–H and O–H groups in total. The first-order chi connectivity index (χ1) is 5.13. The van der Waals surface area contributed by atoms with E-state index in [1.54, 1.807) is 0 Å². The van der Waals surface area contributed by atoms with Crippen LogP contribution in [0.15, 0.2) is 16.7 Å². The molecule has 0 aliphatic heterocycles. The first kappa shape index (κ1) is 8.49. The molecule has 0 radical (unpaired) electrons. The number of nitrogens with zero attached hydrogens (tertiary/aromatic N) is 1. The molecule has 0 atom stereocenters. The Kier molecular flexibility index (Phi) is 2.46. The van der Waals surface area contributed by atoms with E-state index in [9.17, 15) is 4.79 Å². The third-order valence-corrected chi connectivity index (χ3v) is 2.02. The zero-order chi connectivity index (χ0) is 8.43. The Bertz CT molecular complexity index is 282. The van der Waals surface area contributed by atoms with Crippen LogP contribution in [-0.4, -0.2) is 16.1 Å². The highest BCUT2D eigenvalue weighted by atomic mass is 79.9. The number of aromatic nitrogens is 1. The number of carbonyl (C=O) groups is 1. The van der Waals surface area contributed by atoms with Crippen molar-refractivity contribution in [2.45, 2.75) is 0 Å².